The number of hydrogen-bond acceptors (Lipinski definition) is 1. The molecule has 2 heterocycles. The van der Waals surface area contributed by atoms with E-state index in [0.717, 1.165) is 11.4 Å². The highest BCUT2D eigenvalue weighted by Gasteiger charge is 2.23. The lowest BCUT2D eigenvalue weighted by atomic mass is 10.0. The molecule has 122 valence electrons. The molecule has 0 unspecified atom stereocenters. The van der Waals surface area contributed by atoms with Crippen LogP contribution in [0.1, 0.15) is 17.0 Å². The number of pyridine rings is 1. The molecular weight excluding hydrogens is 306 g/mol. The smallest absolute Gasteiger partial charge is 0.200 e. The van der Waals surface area contributed by atoms with Gasteiger partial charge in [-0.25, -0.2) is 0 Å². The standard InChI is InChI=1S/C22H21N3/c1-16-8-6-7-13-24(16)22-18(3)21(25-15-23-12-11-17(25)2)14-19-9-4-5-10-20(19)22/h4-15H,1-3H3/q+2. The summed E-state index contributed by atoms with van der Waals surface area (Å²) in [4.78, 5) is 4.32. The van der Waals surface area contributed by atoms with Gasteiger partial charge in [0.05, 0.1) is 10.9 Å². The Hall–Kier alpha value is -3.07. The van der Waals surface area contributed by atoms with Crippen molar-refractivity contribution in [3.05, 3.63) is 90.3 Å². The highest BCUT2D eigenvalue weighted by atomic mass is 15.0. The maximum absolute atomic E-state index is 4.32. The summed E-state index contributed by atoms with van der Waals surface area (Å²) in [6.45, 7) is 6.44. The van der Waals surface area contributed by atoms with Gasteiger partial charge in [0.1, 0.15) is 17.6 Å². The van der Waals surface area contributed by atoms with Crippen LogP contribution in [0.5, 0.6) is 0 Å². The van der Waals surface area contributed by atoms with Gasteiger partial charge in [-0.3, -0.25) is 0 Å². The van der Waals surface area contributed by atoms with E-state index in [9.17, 15) is 0 Å². The molecule has 0 amide bonds. The van der Waals surface area contributed by atoms with E-state index >= 15 is 0 Å². The van der Waals surface area contributed by atoms with Gasteiger partial charge in [-0.15, -0.1) is 0 Å². The van der Waals surface area contributed by atoms with E-state index in [1.54, 1.807) is 0 Å². The first-order valence-corrected chi connectivity index (χ1v) is 8.49. The molecule has 0 aliphatic heterocycles. The van der Waals surface area contributed by atoms with Crippen LogP contribution in [-0.4, -0.2) is 4.98 Å². The largest absolute Gasteiger partial charge is 0.291 e. The Morgan fingerprint density at radius 3 is 2.36 bits per heavy atom. The molecule has 0 radical (unpaired) electrons. The highest BCUT2D eigenvalue weighted by Crippen LogP contribution is 2.26. The van der Waals surface area contributed by atoms with Gasteiger partial charge < -0.3 is 0 Å². The second-order valence-corrected chi connectivity index (χ2v) is 6.39. The van der Waals surface area contributed by atoms with Crippen LogP contribution in [0.15, 0.2) is 73.3 Å². The Labute approximate surface area is 147 Å². The molecule has 3 nitrogen and oxygen atoms in total. The number of rotatable bonds is 2. The van der Waals surface area contributed by atoms with Gasteiger partial charge in [0.15, 0.2) is 11.9 Å². The average Bonchev–Trinajstić information content (AvgIpc) is 2.63. The zero-order chi connectivity index (χ0) is 17.4. The van der Waals surface area contributed by atoms with Gasteiger partial charge in [0.25, 0.3) is 6.33 Å². The lowest BCUT2D eigenvalue weighted by molar-refractivity contribution is -0.612. The van der Waals surface area contributed by atoms with Crippen LogP contribution >= 0.6 is 0 Å². The monoisotopic (exact) mass is 327 g/mol. The molecule has 4 rings (SSSR count). The van der Waals surface area contributed by atoms with Crippen molar-refractivity contribution in [2.24, 2.45) is 0 Å². The van der Waals surface area contributed by atoms with Crippen molar-refractivity contribution in [2.75, 3.05) is 0 Å². The van der Waals surface area contributed by atoms with E-state index in [1.807, 2.05) is 18.6 Å². The molecule has 3 heteroatoms. The fraction of sp³-hybridized carbons (Fsp3) is 0.136. The molecule has 25 heavy (non-hydrogen) atoms. The normalized spacial score (nSPS) is 11.0. The molecule has 4 aromatic rings. The third kappa shape index (κ3) is 2.58. The average molecular weight is 327 g/mol. The van der Waals surface area contributed by atoms with E-state index < -0.39 is 0 Å². The molecule has 0 N–H and O–H groups in total. The number of hydrogen-bond donors (Lipinski definition) is 0. The number of aromatic nitrogens is 3. The zero-order valence-corrected chi connectivity index (χ0v) is 14.8. The van der Waals surface area contributed by atoms with Gasteiger partial charge in [-0.2, -0.15) is 9.13 Å². The van der Waals surface area contributed by atoms with Crippen molar-refractivity contribution in [2.45, 2.75) is 20.8 Å². The second kappa shape index (κ2) is 6.10. The molecule has 2 aromatic heterocycles. The molecule has 0 aliphatic carbocycles. The van der Waals surface area contributed by atoms with Crippen molar-refractivity contribution in [1.29, 1.82) is 0 Å². The predicted octanol–water partition coefficient (Wildman–Crippen LogP) is 3.71. The van der Waals surface area contributed by atoms with Crippen molar-refractivity contribution < 1.29 is 9.13 Å². The van der Waals surface area contributed by atoms with Crippen LogP contribution in [0.25, 0.3) is 22.1 Å². The Kier molecular flexibility index (Phi) is 3.77. The number of benzene rings is 2. The summed E-state index contributed by atoms with van der Waals surface area (Å²) < 4.78 is 4.43. The van der Waals surface area contributed by atoms with Crippen molar-refractivity contribution >= 4 is 10.8 Å². The van der Waals surface area contributed by atoms with Crippen molar-refractivity contribution in [3.8, 4) is 11.4 Å². The van der Waals surface area contributed by atoms with Crippen molar-refractivity contribution in [1.82, 2.24) is 4.98 Å². The topological polar surface area (TPSA) is 20.6 Å². The van der Waals surface area contributed by atoms with E-state index in [-0.39, 0.29) is 0 Å². The van der Waals surface area contributed by atoms with Crippen LogP contribution in [0.3, 0.4) is 0 Å². The molecule has 0 saturated carbocycles. The Morgan fingerprint density at radius 2 is 1.56 bits per heavy atom. The van der Waals surface area contributed by atoms with Gasteiger partial charge in [0, 0.05) is 25.1 Å². The highest BCUT2D eigenvalue weighted by molar-refractivity contribution is 5.91. The van der Waals surface area contributed by atoms with Gasteiger partial charge in [-0.05, 0) is 31.4 Å². The summed E-state index contributed by atoms with van der Waals surface area (Å²) in [6, 6.07) is 19.2. The van der Waals surface area contributed by atoms with E-state index in [0.29, 0.717) is 0 Å². The summed E-state index contributed by atoms with van der Waals surface area (Å²) >= 11 is 0. The molecule has 0 aliphatic rings. The summed E-state index contributed by atoms with van der Waals surface area (Å²) in [5.74, 6) is 0. The maximum Gasteiger partial charge on any atom is 0.291 e. The first-order chi connectivity index (χ1) is 12.2. The van der Waals surface area contributed by atoms with Crippen LogP contribution in [0.4, 0.5) is 0 Å². The lowest BCUT2D eigenvalue weighted by Gasteiger charge is -2.11. The van der Waals surface area contributed by atoms with Gasteiger partial charge in [0.2, 0.25) is 5.69 Å². The summed E-state index contributed by atoms with van der Waals surface area (Å²) in [6.07, 6.45) is 5.85. The number of aryl methyl sites for hydroxylation is 2. The minimum Gasteiger partial charge on any atom is -0.200 e. The minimum atomic E-state index is 1.16. The Bertz CT molecular complexity index is 1080. The summed E-state index contributed by atoms with van der Waals surface area (Å²) in [5, 5.41) is 2.48. The lowest BCUT2D eigenvalue weighted by Crippen LogP contribution is -2.39. The maximum atomic E-state index is 4.32. The second-order valence-electron chi connectivity index (χ2n) is 6.39. The SMILES string of the molecule is Cc1c(-[n+]2cnccc2C)cc2ccccc2c1-[n+]1ccccc1C. The van der Waals surface area contributed by atoms with Crippen LogP contribution in [-0.2, 0) is 0 Å². The quantitative estimate of drug-likeness (QED) is 0.514. The molecule has 0 bridgehead atoms. The number of fused-ring (bicyclic) bond motifs is 1. The molecule has 0 fully saturated rings. The molecule has 0 atom stereocenters. The fourth-order valence-corrected chi connectivity index (χ4v) is 3.44. The summed E-state index contributed by atoms with van der Waals surface area (Å²) in [7, 11) is 0. The molecule has 2 aromatic carbocycles. The third-order valence-corrected chi connectivity index (χ3v) is 4.78. The fourth-order valence-electron chi connectivity index (χ4n) is 3.44. The van der Waals surface area contributed by atoms with Crippen LogP contribution < -0.4 is 9.13 Å². The minimum absolute atomic E-state index is 1.16. The first-order valence-electron chi connectivity index (χ1n) is 8.49. The van der Waals surface area contributed by atoms with Crippen LogP contribution in [0.2, 0.25) is 0 Å². The molecular formula is C22H21N3+2. The third-order valence-electron chi connectivity index (χ3n) is 4.78. The van der Waals surface area contributed by atoms with Gasteiger partial charge >= 0.3 is 0 Å². The van der Waals surface area contributed by atoms with Gasteiger partial charge in [-0.1, -0.05) is 29.2 Å². The summed E-state index contributed by atoms with van der Waals surface area (Å²) in [5.41, 5.74) is 5.99. The number of nitrogens with zero attached hydrogens (tertiary/aromatic N) is 3. The first kappa shape index (κ1) is 15.5. The van der Waals surface area contributed by atoms with Crippen molar-refractivity contribution in [3.63, 3.8) is 0 Å². The molecule has 0 spiro atoms. The Balaban J connectivity index is 2.13. The zero-order valence-electron chi connectivity index (χ0n) is 14.8. The van der Waals surface area contributed by atoms with Crippen LogP contribution in [0, 0.1) is 20.8 Å². The van der Waals surface area contributed by atoms with E-state index in [2.05, 4.69) is 89.6 Å². The Morgan fingerprint density at radius 1 is 0.800 bits per heavy atom. The van der Waals surface area contributed by atoms with E-state index in [1.165, 1.54) is 27.7 Å². The predicted molar refractivity (Wildman–Crippen MR) is 99.0 cm³/mol. The molecule has 0 saturated heterocycles. The van der Waals surface area contributed by atoms with E-state index in [4.69, 9.17) is 0 Å².